The number of benzene rings is 1. The van der Waals surface area contributed by atoms with Crippen molar-refractivity contribution in [3.05, 3.63) is 56.7 Å². The minimum Gasteiger partial charge on any atom is -0.292 e. The van der Waals surface area contributed by atoms with Gasteiger partial charge < -0.3 is 0 Å². The van der Waals surface area contributed by atoms with Crippen LogP contribution in [-0.2, 0) is 13.2 Å². The molecule has 0 amide bonds. The Morgan fingerprint density at radius 2 is 1.87 bits per heavy atom. The van der Waals surface area contributed by atoms with Crippen LogP contribution in [0.5, 0.6) is 0 Å². The molecule has 0 radical (unpaired) electrons. The van der Waals surface area contributed by atoms with Gasteiger partial charge in [-0.15, -0.1) is 0 Å². The zero-order valence-electron chi connectivity index (χ0n) is 11.4. The Bertz CT molecular complexity index is 1030. The molecule has 3 rings (SSSR count). The van der Waals surface area contributed by atoms with Crippen molar-refractivity contribution >= 4 is 21.6 Å². The molecule has 5 nitrogen and oxygen atoms in total. The summed E-state index contributed by atoms with van der Waals surface area (Å²) >= 11 is 1.01. The van der Waals surface area contributed by atoms with Crippen LogP contribution >= 0.6 is 11.5 Å². The molecular formula is C13H7F4N3O2S. The molecule has 0 atom stereocenters. The summed E-state index contributed by atoms with van der Waals surface area (Å²) in [6.07, 6.45) is -3.46. The van der Waals surface area contributed by atoms with E-state index in [4.69, 9.17) is 0 Å². The lowest BCUT2D eigenvalue weighted by molar-refractivity contribution is -0.144. The molecule has 0 saturated heterocycles. The average Bonchev–Trinajstić information content (AvgIpc) is 2.89. The topological polar surface area (TPSA) is 56.9 Å². The van der Waals surface area contributed by atoms with Gasteiger partial charge in [-0.25, -0.2) is 13.8 Å². The fourth-order valence-corrected chi connectivity index (χ4v) is 2.82. The molecule has 0 aliphatic rings. The Kier molecular flexibility index (Phi) is 3.36. The van der Waals surface area contributed by atoms with Gasteiger partial charge in [-0.05, 0) is 23.7 Å². The van der Waals surface area contributed by atoms with Gasteiger partial charge in [0.05, 0.1) is 10.4 Å². The van der Waals surface area contributed by atoms with Crippen molar-refractivity contribution < 1.29 is 17.6 Å². The second-order valence-electron chi connectivity index (χ2n) is 4.71. The van der Waals surface area contributed by atoms with Gasteiger partial charge in [0.15, 0.2) is 0 Å². The minimum atomic E-state index is -4.87. The Morgan fingerprint density at radius 1 is 1.17 bits per heavy atom. The first-order valence-corrected chi connectivity index (χ1v) is 6.92. The lowest BCUT2D eigenvalue weighted by Crippen LogP contribution is -2.41. The van der Waals surface area contributed by atoms with Crippen molar-refractivity contribution in [3.8, 4) is 5.69 Å². The lowest BCUT2D eigenvalue weighted by atomic mass is 10.2. The number of aromatic nitrogens is 3. The third-order valence-electron chi connectivity index (χ3n) is 3.27. The van der Waals surface area contributed by atoms with Crippen LogP contribution in [0.1, 0.15) is 5.69 Å². The number of fused-ring (bicyclic) bond motifs is 1. The predicted octanol–water partition coefficient (Wildman–Crippen LogP) is 2.30. The molecule has 0 N–H and O–H groups in total. The predicted molar refractivity (Wildman–Crippen MR) is 75.4 cm³/mol. The molecular weight excluding hydrogens is 338 g/mol. The molecule has 120 valence electrons. The highest BCUT2D eigenvalue weighted by atomic mass is 32.1. The fraction of sp³-hybridized carbons (Fsp3) is 0.154. The maximum atomic E-state index is 14.2. The third-order valence-corrected chi connectivity index (χ3v) is 4.03. The highest BCUT2D eigenvalue weighted by Crippen LogP contribution is 2.27. The van der Waals surface area contributed by atoms with Gasteiger partial charge in [0, 0.05) is 24.7 Å². The number of hydrogen-bond donors (Lipinski definition) is 0. The summed E-state index contributed by atoms with van der Waals surface area (Å²) in [6.45, 7) is 0. The van der Waals surface area contributed by atoms with Gasteiger partial charge in [-0.2, -0.15) is 17.5 Å². The average molecular weight is 345 g/mol. The van der Waals surface area contributed by atoms with Gasteiger partial charge in [-0.1, -0.05) is 0 Å². The van der Waals surface area contributed by atoms with Crippen LogP contribution in [0, 0.1) is 5.82 Å². The first-order chi connectivity index (χ1) is 10.7. The lowest BCUT2D eigenvalue weighted by Gasteiger charge is -2.14. The summed E-state index contributed by atoms with van der Waals surface area (Å²) < 4.78 is 57.5. The number of alkyl halides is 3. The summed E-state index contributed by atoms with van der Waals surface area (Å²) in [5.41, 5.74) is -4.37. The largest absolute Gasteiger partial charge is 0.431 e. The van der Waals surface area contributed by atoms with Crippen molar-refractivity contribution in [1.82, 2.24) is 13.5 Å². The van der Waals surface area contributed by atoms with Crippen LogP contribution in [0.25, 0.3) is 15.8 Å². The van der Waals surface area contributed by atoms with Gasteiger partial charge in [-0.3, -0.25) is 9.36 Å². The molecule has 0 saturated carbocycles. The number of hydrogen-bond acceptors (Lipinski definition) is 4. The Balaban J connectivity index is 2.36. The van der Waals surface area contributed by atoms with Crippen LogP contribution in [0.15, 0.2) is 34.0 Å². The standard InChI is InChI=1S/C13H7F4N3O2S/c1-19-10(13(15,16)17)4-11(21)20(12(19)22)8-2-6-5-18-23-9(6)3-7(8)14/h2-5H,1H3. The van der Waals surface area contributed by atoms with E-state index in [1.807, 2.05) is 0 Å². The first kappa shape index (κ1) is 15.4. The molecule has 0 spiro atoms. The summed E-state index contributed by atoms with van der Waals surface area (Å²) in [7, 11) is 0.865. The minimum absolute atomic E-state index is 0.261. The Labute approximate surface area is 129 Å². The highest BCUT2D eigenvalue weighted by molar-refractivity contribution is 7.13. The molecule has 0 fully saturated rings. The third kappa shape index (κ3) is 2.44. The Hall–Kier alpha value is -2.49. The molecule has 0 aliphatic carbocycles. The van der Waals surface area contributed by atoms with Gasteiger partial charge in [0.25, 0.3) is 5.56 Å². The van der Waals surface area contributed by atoms with Gasteiger partial charge in [0.1, 0.15) is 11.5 Å². The maximum Gasteiger partial charge on any atom is 0.431 e. The van der Waals surface area contributed by atoms with E-state index < -0.39 is 34.6 Å². The van der Waals surface area contributed by atoms with Crippen molar-refractivity contribution in [3.63, 3.8) is 0 Å². The quantitative estimate of drug-likeness (QED) is 0.636. The van der Waals surface area contributed by atoms with E-state index in [2.05, 4.69) is 4.37 Å². The van der Waals surface area contributed by atoms with E-state index in [9.17, 15) is 27.2 Å². The van der Waals surface area contributed by atoms with Crippen LogP contribution in [0.2, 0.25) is 0 Å². The maximum absolute atomic E-state index is 14.2. The molecule has 0 bridgehead atoms. The van der Waals surface area contributed by atoms with Gasteiger partial charge >= 0.3 is 11.9 Å². The molecule has 10 heteroatoms. The zero-order valence-corrected chi connectivity index (χ0v) is 12.2. The van der Waals surface area contributed by atoms with Gasteiger partial charge in [0.2, 0.25) is 0 Å². The monoisotopic (exact) mass is 345 g/mol. The first-order valence-electron chi connectivity index (χ1n) is 6.15. The summed E-state index contributed by atoms with van der Waals surface area (Å²) in [5, 5.41) is 0.472. The molecule has 2 aromatic heterocycles. The molecule has 2 heterocycles. The van der Waals surface area contributed by atoms with Crippen molar-refractivity contribution in [2.24, 2.45) is 7.05 Å². The number of halogens is 4. The SMILES string of the molecule is Cn1c(C(F)(F)F)cc(=O)n(-c2cc3cnsc3cc2F)c1=O. The summed E-state index contributed by atoms with van der Waals surface area (Å²) in [4.78, 5) is 24.1. The number of nitrogens with zero attached hydrogens (tertiary/aromatic N) is 3. The molecule has 0 aliphatic heterocycles. The second kappa shape index (κ2) is 5.01. The van der Waals surface area contributed by atoms with Crippen molar-refractivity contribution in [2.45, 2.75) is 6.18 Å². The van der Waals surface area contributed by atoms with Crippen LogP contribution in [0.3, 0.4) is 0 Å². The van der Waals surface area contributed by atoms with E-state index in [0.29, 0.717) is 14.7 Å². The fourth-order valence-electron chi connectivity index (χ4n) is 2.17. The normalized spacial score (nSPS) is 12.0. The van der Waals surface area contributed by atoms with Crippen LogP contribution in [-0.4, -0.2) is 13.5 Å². The smallest absolute Gasteiger partial charge is 0.292 e. The Morgan fingerprint density at radius 3 is 2.52 bits per heavy atom. The van der Waals surface area contributed by atoms with E-state index in [1.54, 1.807) is 0 Å². The van der Waals surface area contributed by atoms with Crippen molar-refractivity contribution in [1.29, 1.82) is 0 Å². The van der Waals surface area contributed by atoms with Crippen molar-refractivity contribution in [2.75, 3.05) is 0 Å². The molecule has 1 aromatic carbocycles. The highest BCUT2D eigenvalue weighted by Gasteiger charge is 2.35. The summed E-state index contributed by atoms with van der Waals surface area (Å²) in [6, 6.07) is 2.53. The van der Waals surface area contributed by atoms with E-state index >= 15 is 0 Å². The van der Waals surface area contributed by atoms with E-state index in [1.165, 1.54) is 12.3 Å². The van der Waals surface area contributed by atoms with Crippen LogP contribution in [0.4, 0.5) is 17.6 Å². The van der Waals surface area contributed by atoms with Crippen LogP contribution < -0.4 is 11.2 Å². The van der Waals surface area contributed by atoms with E-state index in [0.717, 1.165) is 24.6 Å². The second-order valence-corrected chi connectivity index (χ2v) is 5.54. The van der Waals surface area contributed by atoms with E-state index in [-0.39, 0.29) is 10.6 Å². The molecule has 23 heavy (non-hydrogen) atoms. The zero-order chi connectivity index (χ0) is 16.9. The number of rotatable bonds is 1. The molecule has 3 aromatic rings. The molecule has 0 unspecified atom stereocenters. The summed E-state index contributed by atoms with van der Waals surface area (Å²) in [5.74, 6) is -0.902.